The molecular formula is C21H24ClN5O. The number of ether oxygens (including phenoxy) is 1. The lowest BCUT2D eigenvalue weighted by Gasteiger charge is -2.14. The Hall–Kier alpha value is -2.83. The van der Waals surface area contributed by atoms with Gasteiger partial charge in [-0.15, -0.1) is 0 Å². The van der Waals surface area contributed by atoms with E-state index in [1.54, 1.807) is 7.11 Å². The molecule has 1 aromatic heterocycles. The van der Waals surface area contributed by atoms with Crippen molar-refractivity contribution in [2.75, 3.05) is 44.9 Å². The molecule has 3 aromatic rings. The van der Waals surface area contributed by atoms with E-state index in [2.05, 4.69) is 25.5 Å². The summed E-state index contributed by atoms with van der Waals surface area (Å²) >= 11 is 6.24. The topological polar surface area (TPSA) is 62.3 Å². The van der Waals surface area contributed by atoms with Crippen LogP contribution in [0.25, 0.3) is 11.3 Å². The Balaban J connectivity index is 1.89. The minimum absolute atomic E-state index is 0.536. The van der Waals surface area contributed by atoms with Crippen LogP contribution in [0.5, 0.6) is 5.75 Å². The highest BCUT2D eigenvalue weighted by Crippen LogP contribution is 2.29. The molecule has 0 atom stereocenters. The van der Waals surface area contributed by atoms with Gasteiger partial charge in [0.2, 0.25) is 5.95 Å². The number of methoxy groups -OCH3 is 1. The number of hydrogen-bond acceptors (Lipinski definition) is 6. The zero-order valence-corrected chi connectivity index (χ0v) is 17.0. The number of nitrogens with one attached hydrogen (secondary N) is 2. The summed E-state index contributed by atoms with van der Waals surface area (Å²) in [5.74, 6) is 1.89. The monoisotopic (exact) mass is 397 g/mol. The molecule has 0 aliphatic heterocycles. The van der Waals surface area contributed by atoms with Gasteiger partial charge in [-0.2, -0.15) is 4.98 Å². The fourth-order valence-corrected chi connectivity index (χ4v) is 2.89. The third-order valence-electron chi connectivity index (χ3n) is 4.06. The fraction of sp³-hybridized carbons (Fsp3) is 0.238. The van der Waals surface area contributed by atoms with Gasteiger partial charge in [0, 0.05) is 30.4 Å². The SMILES string of the molecule is COc1ccc(Nc2cc(-c3ccccc3)nc(NCCN(C)C)n2)cc1Cl. The lowest BCUT2D eigenvalue weighted by atomic mass is 10.1. The first kappa shape index (κ1) is 19.9. The molecule has 0 amide bonds. The van der Waals surface area contributed by atoms with E-state index in [1.165, 1.54) is 0 Å². The molecule has 28 heavy (non-hydrogen) atoms. The van der Waals surface area contributed by atoms with E-state index in [0.29, 0.717) is 22.5 Å². The number of aromatic nitrogens is 2. The molecule has 1 heterocycles. The molecule has 2 aromatic carbocycles. The summed E-state index contributed by atoms with van der Waals surface area (Å²) < 4.78 is 5.21. The van der Waals surface area contributed by atoms with Crippen LogP contribution in [-0.2, 0) is 0 Å². The summed E-state index contributed by atoms with van der Waals surface area (Å²) in [7, 11) is 5.66. The molecule has 7 heteroatoms. The maximum atomic E-state index is 6.24. The van der Waals surface area contributed by atoms with E-state index in [1.807, 2.05) is 68.7 Å². The molecule has 0 radical (unpaired) electrons. The number of nitrogens with zero attached hydrogens (tertiary/aromatic N) is 3. The maximum Gasteiger partial charge on any atom is 0.225 e. The van der Waals surface area contributed by atoms with Crippen LogP contribution in [-0.4, -0.2) is 49.2 Å². The summed E-state index contributed by atoms with van der Waals surface area (Å²) in [4.78, 5) is 11.4. The molecule has 0 saturated heterocycles. The van der Waals surface area contributed by atoms with Gasteiger partial charge in [0.25, 0.3) is 0 Å². The molecule has 146 valence electrons. The zero-order valence-electron chi connectivity index (χ0n) is 16.2. The molecule has 3 rings (SSSR count). The molecule has 6 nitrogen and oxygen atoms in total. The predicted molar refractivity (Wildman–Crippen MR) is 116 cm³/mol. The molecule has 2 N–H and O–H groups in total. The van der Waals surface area contributed by atoms with E-state index in [4.69, 9.17) is 16.3 Å². The highest BCUT2D eigenvalue weighted by molar-refractivity contribution is 6.32. The average molecular weight is 398 g/mol. The number of rotatable bonds is 8. The number of benzene rings is 2. The van der Waals surface area contributed by atoms with Gasteiger partial charge < -0.3 is 20.3 Å². The molecule has 0 spiro atoms. The van der Waals surface area contributed by atoms with Crippen molar-refractivity contribution in [3.05, 3.63) is 59.6 Å². The Kier molecular flexibility index (Phi) is 6.68. The maximum absolute atomic E-state index is 6.24. The van der Waals surface area contributed by atoms with E-state index >= 15 is 0 Å². The summed E-state index contributed by atoms with van der Waals surface area (Å²) in [6, 6.07) is 17.5. The molecule has 0 saturated carbocycles. The summed E-state index contributed by atoms with van der Waals surface area (Å²) in [6.07, 6.45) is 0. The number of likely N-dealkylation sites (N-methyl/N-ethyl adjacent to an activating group) is 1. The Labute approximate surface area is 170 Å². The summed E-state index contributed by atoms with van der Waals surface area (Å²) in [6.45, 7) is 1.63. The van der Waals surface area contributed by atoms with E-state index in [0.717, 1.165) is 30.0 Å². The first-order chi connectivity index (χ1) is 13.5. The third-order valence-corrected chi connectivity index (χ3v) is 4.36. The van der Waals surface area contributed by atoms with Crippen LogP contribution in [0.2, 0.25) is 5.02 Å². The van der Waals surface area contributed by atoms with Crippen LogP contribution in [0.3, 0.4) is 0 Å². The lowest BCUT2D eigenvalue weighted by Crippen LogP contribution is -2.21. The van der Waals surface area contributed by atoms with Crippen molar-refractivity contribution < 1.29 is 4.74 Å². The van der Waals surface area contributed by atoms with Gasteiger partial charge >= 0.3 is 0 Å². The quantitative estimate of drug-likeness (QED) is 0.582. The first-order valence-corrected chi connectivity index (χ1v) is 9.36. The number of hydrogen-bond donors (Lipinski definition) is 2. The summed E-state index contributed by atoms with van der Waals surface area (Å²) in [5.41, 5.74) is 2.68. The second-order valence-electron chi connectivity index (χ2n) is 6.53. The molecule has 0 fully saturated rings. The molecule has 0 aliphatic rings. The summed E-state index contributed by atoms with van der Waals surface area (Å²) in [5, 5.41) is 7.13. The molecule has 0 aliphatic carbocycles. The number of halogens is 1. The minimum Gasteiger partial charge on any atom is -0.495 e. The highest BCUT2D eigenvalue weighted by Gasteiger charge is 2.09. The molecular weight excluding hydrogens is 374 g/mol. The van der Waals surface area contributed by atoms with Crippen molar-refractivity contribution in [3.8, 4) is 17.0 Å². The van der Waals surface area contributed by atoms with Gasteiger partial charge in [0.15, 0.2) is 0 Å². The smallest absolute Gasteiger partial charge is 0.225 e. The molecule has 0 unspecified atom stereocenters. The van der Waals surface area contributed by atoms with E-state index < -0.39 is 0 Å². The Morgan fingerprint density at radius 2 is 1.82 bits per heavy atom. The van der Waals surface area contributed by atoms with Crippen molar-refractivity contribution in [1.29, 1.82) is 0 Å². The Morgan fingerprint density at radius 1 is 1.04 bits per heavy atom. The number of anilines is 3. The zero-order chi connectivity index (χ0) is 19.9. The first-order valence-electron chi connectivity index (χ1n) is 8.99. The van der Waals surface area contributed by atoms with E-state index in [-0.39, 0.29) is 0 Å². The Morgan fingerprint density at radius 3 is 2.50 bits per heavy atom. The van der Waals surface area contributed by atoms with Crippen LogP contribution in [0.4, 0.5) is 17.5 Å². The Bertz CT molecular complexity index is 918. The van der Waals surface area contributed by atoms with Crippen molar-refractivity contribution in [1.82, 2.24) is 14.9 Å². The predicted octanol–water partition coefficient (Wildman–Crippen LogP) is 4.52. The van der Waals surface area contributed by atoms with Crippen molar-refractivity contribution in [3.63, 3.8) is 0 Å². The van der Waals surface area contributed by atoms with Crippen LogP contribution < -0.4 is 15.4 Å². The van der Waals surface area contributed by atoms with Crippen LogP contribution in [0, 0.1) is 0 Å². The second kappa shape index (κ2) is 9.39. The van der Waals surface area contributed by atoms with Crippen LogP contribution >= 0.6 is 11.6 Å². The van der Waals surface area contributed by atoms with Gasteiger partial charge in [-0.3, -0.25) is 0 Å². The van der Waals surface area contributed by atoms with Gasteiger partial charge in [-0.05, 0) is 32.3 Å². The average Bonchev–Trinajstić information content (AvgIpc) is 2.68. The van der Waals surface area contributed by atoms with E-state index in [9.17, 15) is 0 Å². The van der Waals surface area contributed by atoms with Crippen LogP contribution in [0.1, 0.15) is 0 Å². The van der Waals surface area contributed by atoms with Gasteiger partial charge in [-0.1, -0.05) is 41.9 Å². The van der Waals surface area contributed by atoms with Gasteiger partial charge in [0.1, 0.15) is 11.6 Å². The van der Waals surface area contributed by atoms with Crippen molar-refractivity contribution in [2.45, 2.75) is 0 Å². The largest absolute Gasteiger partial charge is 0.495 e. The normalized spacial score (nSPS) is 10.8. The minimum atomic E-state index is 0.536. The third kappa shape index (κ3) is 5.34. The standard InChI is InChI=1S/C21H24ClN5O/c1-27(2)12-11-23-21-25-18(15-7-5-4-6-8-15)14-20(26-21)24-16-9-10-19(28-3)17(22)13-16/h4-10,13-14H,11-12H2,1-3H3,(H2,23,24,25,26). The molecule has 0 bridgehead atoms. The van der Waals surface area contributed by atoms with Crippen molar-refractivity contribution in [2.24, 2.45) is 0 Å². The van der Waals surface area contributed by atoms with Gasteiger partial charge in [0.05, 0.1) is 17.8 Å². The van der Waals surface area contributed by atoms with Gasteiger partial charge in [-0.25, -0.2) is 4.98 Å². The lowest BCUT2D eigenvalue weighted by molar-refractivity contribution is 0.415. The fourth-order valence-electron chi connectivity index (χ4n) is 2.63. The second-order valence-corrected chi connectivity index (χ2v) is 6.94. The van der Waals surface area contributed by atoms with Crippen molar-refractivity contribution >= 4 is 29.1 Å². The highest BCUT2D eigenvalue weighted by atomic mass is 35.5. The van der Waals surface area contributed by atoms with Crippen LogP contribution in [0.15, 0.2) is 54.6 Å².